The van der Waals surface area contributed by atoms with E-state index in [-0.39, 0.29) is 11.7 Å². The molecule has 3 rings (SSSR count). The lowest BCUT2D eigenvalue weighted by Gasteiger charge is -2.18. The number of carbonyl (C=O) groups is 1. The lowest BCUT2D eigenvalue weighted by molar-refractivity contribution is -0.123. The molecule has 0 heterocycles. The topological polar surface area (TPSA) is 47.6 Å². The Bertz CT molecular complexity index is 739. The maximum absolute atomic E-state index is 12.9. The fraction of sp³-hybridized carbons (Fsp3) is 0.316. The molecule has 0 aliphatic heterocycles. The summed E-state index contributed by atoms with van der Waals surface area (Å²) in [6.07, 6.45) is 1.61. The van der Waals surface area contributed by atoms with Crippen LogP contribution in [0.4, 0.5) is 4.39 Å². The molecule has 0 radical (unpaired) electrons. The zero-order valence-corrected chi connectivity index (χ0v) is 13.8. The maximum Gasteiger partial charge on any atom is 0.230 e. The summed E-state index contributed by atoms with van der Waals surface area (Å²) in [5, 5.41) is 2.95. The van der Waals surface area contributed by atoms with E-state index in [1.165, 1.54) is 12.1 Å². The molecule has 24 heavy (non-hydrogen) atoms. The highest BCUT2D eigenvalue weighted by Crippen LogP contribution is 2.50. The third-order valence-electron chi connectivity index (χ3n) is 4.49. The van der Waals surface area contributed by atoms with E-state index < -0.39 is 5.41 Å². The van der Waals surface area contributed by atoms with Crippen molar-refractivity contribution in [1.29, 1.82) is 0 Å². The molecule has 0 aromatic heterocycles. The summed E-state index contributed by atoms with van der Waals surface area (Å²) < 4.78 is 23.5. The summed E-state index contributed by atoms with van der Waals surface area (Å²) in [4.78, 5) is 12.7. The zero-order chi connectivity index (χ0) is 17.2. The Labute approximate surface area is 140 Å². The molecular formula is C19H20FNO3. The number of hydrogen-bond acceptors (Lipinski definition) is 3. The lowest BCUT2D eigenvalue weighted by atomic mass is 9.94. The van der Waals surface area contributed by atoms with Gasteiger partial charge in [0.05, 0.1) is 19.6 Å². The van der Waals surface area contributed by atoms with Crippen LogP contribution in [0.3, 0.4) is 0 Å². The lowest BCUT2D eigenvalue weighted by Crippen LogP contribution is -2.34. The van der Waals surface area contributed by atoms with Crippen molar-refractivity contribution in [2.75, 3.05) is 14.2 Å². The van der Waals surface area contributed by atoms with Crippen molar-refractivity contribution in [2.45, 2.75) is 24.8 Å². The summed E-state index contributed by atoms with van der Waals surface area (Å²) in [5.41, 5.74) is 1.30. The Morgan fingerprint density at radius 2 is 1.75 bits per heavy atom. The van der Waals surface area contributed by atoms with Crippen LogP contribution in [0.25, 0.3) is 0 Å². The Morgan fingerprint density at radius 3 is 2.33 bits per heavy atom. The molecule has 126 valence electrons. The average Bonchev–Trinajstić information content (AvgIpc) is 3.42. The van der Waals surface area contributed by atoms with Gasteiger partial charge >= 0.3 is 0 Å². The summed E-state index contributed by atoms with van der Waals surface area (Å²) in [7, 11) is 3.16. The van der Waals surface area contributed by atoms with E-state index in [2.05, 4.69) is 5.32 Å². The molecule has 1 amide bonds. The van der Waals surface area contributed by atoms with E-state index >= 15 is 0 Å². The van der Waals surface area contributed by atoms with Crippen LogP contribution in [0.5, 0.6) is 11.5 Å². The van der Waals surface area contributed by atoms with Crippen LogP contribution in [0.15, 0.2) is 42.5 Å². The molecule has 1 fully saturated rings. The second-order valence-corrected chi connectivity index (χ2v) is 5.96. The van der Waals surface area contributed by atoms with Gasteiger partial charge < -0.3 is 14.8 Å². The van der Waals surface area contributed by atoms with Crippen LogP contribution in [-0.2, 0) is 16.8 Å². The molecule has 2 aromatic rings. The van der Waals surface area contributed by atoms with Crippen LogP contribution in [0.1, 0.15) is 24.0 Å². The number of halogens is 1. The third kappa shape index (κ3) is 3.07. The minimum atomic E-state index is -0.500. The second kappa shape index (κ2) is 6.51. The van der Waals surface area contributed by atoms with Gasteiger partial charge in [-0.15, -0.1) is 0 Å². The molecule has 1 aliphatic carbocycles. The van der Waals surface area contributed by atoms with E-state index in [0.717, 1.165) is 24.0 Å². The first-order chi connectivity index (χ1) is 11.6. The number of hydrogen-bond donors (Lipinski definition) is 1. The number of carbonyl (C=O) groups excluding carboxylic acids is 1. The standard InChI is InChI=1S/C19H20FNO3/c1-23-16-8-5-14(11-17(16)24-2)19(9-10-19)18(22)21-12-13-3-6-15(20)7-4-13/h3-8,11H,9-10,12H2,1-2H3,(H,21,22). The molecule has 5 heteroatoms. The highest BCUT2D eigenvalue weighted by molar-refractivity contribution is 5.91. The summed E-state index contributed by atoms with van der Waals surface area (Å²) >= 11 is 0. The minimum Gasteiger partial charge on any atom is -0.493 e. The van der Waals surface area contributed by atoms with Crippen LogP contribution < -0.4 is 14.8 Å². The number of rotatable bonds is 6. The van der Waals surface area contributed by atoms with E-state index in [4.69, 9.17) is 9.47 Å². The van der Waals surface area contributed by atoms with Gasteiger partial charge in [-0.2, -0.15) is 0 Å². The fourth-order valence-corrected chi connectivity index (χ4v) is 2.86. The maximum atomic E-state index is 12.9. The van der Waals surface area contributed by atoms with Gasteiger partial charge in [-0.3, -0.25) is 4.79 Å². The zero-order valence-electron chi connectivity index (χ0n) is 13.8. The van der Waals surface area contributed by atoms with Gasteiger partial charge in [-0.25, -0.2) is 4.39 Å². The van der Waals surface area contributed by atoms with E-state index in [1.807, 2.05) is 18.2 Å². The molecule has 1 saturated carbocycles. The predicted molar refractivity (Wildman–Crippen MR) is 88.7 cm³/mol. The molecule has 0 spiro atoms. The van der Waals surface area contributed by atoms with E-state index in [1.54, 1.807) is 26.4 Å². The number of nitrogens with one attached hydrogen (secondary N) is 1. The predicted octanol–water partition coefficient (Wildman–Crippen LogP) is 3.19. The van der Waals surface area contributed by atoms with Crippen LogP contribution in [0, 0.1) is 5.82 Å². The first-order valence-corrected chi connectivity index (χ1v) is 7.84. The third-order valence-corrected chi connectivity index (χ3v) is 4.49. The molecule has 1 aliphatic rings. The number of ether oxygens (including phenoxy) is 2. The van der Waals surface area contributed by atoms with Gasteiger partial charge in [-0.1, -0.05) is 18.2 Å². The van der Waals surface area contributed by atoms with Gasteiger partial charge in [0.1, 0.15) is 5.82 Å². The summed E-state index contributed by atoms with van der Waals surface area (Å²) in [6, 6.07) is 11.7. The number of methoxy groups -OCH3 is 2. The molecule has 0 unspecified atom stereocenters. The smallest absolute Gasteiger partial charge is 0.230 e. The van der Waals surface area contributed by atoms with E-state index in [0.29, 0.717) is 18.0 Å². The Hall–Kier alpha value is -2.56. The van der Waals surface area contributed by atoms with Gasteiger partial charge in [0.25, 0.3) is 0 Å². The van der Waals surface area contributed by atoms with E-state index in [9.17, 15) is 9.18 Å². The first-order valence-electron chi connectivity index (χ1n) is 7.84. The average molecular weight is 329 g/mol. The number of benzene rings is 2. The van der Waals surface area contributed by atoms with Crippen molar-refractivity contribution in [3.05, 3.63) is 59.4 Å². The first kappa shape index (κ1) is 16.3. The SMILES string of the molecule is COc1ccc(C2(C(=O)NCc3ccc(F)cc3)CC2)cc1OC. The largest absolute Gasteiger partial charge is 0.493 e. The monoisotopic (exact) mass is 329 g/mol. The van der Waals surface area contributed by atoms with Crippen LogP contribution >= 0.6 is 0 Å². The van der Waals surface area contributed by atoms with Gasteiger partial charge in [0.2, 0.25) is 5.91 Å². The van der Waals surface area contributed by atoms with Gasteiger partial charge in [-0.05, 0) is 48.2 Å². The van der Waals surface area contributed by atoms with Crippen molar-refractivity contribution in [1.82, 2.24) is 5.32 Å². The molecule has 4 nitrogen and oxygen atoms in total. The number of amides is 1. The van der Waals surface area contributed by atoms with Crippen molar-refractivity contribution < 1.29 is 18.7 Å². The normalized spacial score (nSPS) is 14.8. The Kier molecular flexibility index (Phi) is 4.42. The van der Waals surface area contributed by atoms with Gasteiger partial charge in [0.15, 0.2) is 11.5 Å². The van der Waals surface area contributed by atoms with Crippen LogP contribution in [0.2, 0.25) is 0 Å². The molecular weight excluding hydrogens is 309 g/mol. The molecule has 0 bridgehead atoms. The molecule has 1 N–H and O–H groups in total. The highest BCUT2D eigenvalue weighted by atomic mass is 19.1. The summed E-state index contributed by atoms with van der Waals surface area (Å²) in [6.45, 7) is 0.383. The van der Waals surface area contributed by atoms with Gasteiger partial charge in [0, 0.05) is 6.54 Å². The molecule has 0 saturated heterocycles. The van der Waals surface area contributed by atoms with Crippen molar-refractivity contribution in [3.63, 3.8) is 0 Å². The van der Waals surface area contributed by atoms with Crippen molar-refractivity contribution in [2.24, 2.45) is 0 Å². The Morgan fingerprint density at radius 1 is 1.08 bits per heavy atom. The van der Waals surface area contributed by atoms with Crippen molar-refractivity contribution >= 4 is 5.91 Å². The Balaban J connectivity index is 1.73. The van der Waals surface area contributed by atoms with Crippen LogP contribution in [-0.4, -0.2) is 20.1 Å². The van der Waals surface area contributed by atoms with Crippen molar-refractivity contribution in [3.8, 4) is 11.5 Å². The molecule has 2 aromatic carbocycles. The second-order valence-electron chi connectivity index (χ2n) is 5.96. The molecule has 0 atom stereocenters. The minimum absolute atomic E-state index is 0.0148. The fourth-order valence-electron chi connectivity index (χ4n) is 2.86. The summed E-state index contributed by atoms with van der Waals surface area (Å²) in [5.74, 6) is 0.962. The highest BCUT2D eigenvalue weighted by Gasteiger charge is 2.51. The quantitative estimate of drug-likeness (QED) is 0.885.